The van der Waals surface area contributed by atoms with E-state index in [4.69, 9.17) is 9.15 Å². The zero-order valence-corrected chi connectivity index (χ0v) is 15.6. The Morgan fingerprint density at radius 3 is 2.75 bits per heavy atom. The molecule has 1 aliphatic rings. The zero-order chi connectivity index (χ0) is 19.2. The molecule has 6 nitrogen and oxygen atoms in total. The Labute approximate surface area is 164 Å². The zero-order valence-electron chi connectivity index (χ0n) is 15.6. The first-order chi connectivity index (χ1) is 13.8. The molecule has 28 heavy (non-hydrogen) atoms. The molecule has 2 aromatic heterocycles. The Bertz CT molecular complexity index is 918. The Kier molecular flexibility index (Phi) is 5.56. The van der Waals surface area contributed by atoms with E-state index < -0.39 is 0 Å². The van der Waals surface area contributed by atoms with Gasteiger partial charge in [-0.1, -0.05) is 18.2 Å². The molecule has 0 radical (unpaired) electrons. The number of hydrogen-bond donors (Lipinski definition) is 1. The highest BCUT2D eigenvalue weighted by atomic mass is 16.5. The maximum atomic E-state index is 12.4. The fourth-order valence-electron chi connectivity index (χ4n) is 3.21. The normalized spacial score (nSPS) is 13.5. The number of nitrogens with one attached hydrogen (secondary N) is 1. The molecule has 3 aromatic rings. The van der Waals surface area contributed by atoms with E-state index in [1.54, 1.807) is 18.3 Å². The average Bonchev–Trinajstić information content (AvgIpc) is 3.44. The number of pyridine rings is 1. The van der Waals surface area contributed by atoms with Gasteiger partial charge < -0.3 is 19.4 Å². The summed E-state index contributed by atoms with van der Waals surface area (Å²) >= 11 is 0. The minimum atomic E-state index is -0.245. The number of hydrogen-bond acceptors (Lipinski definition) is 5. The van der Waals surface area contributed by atoms with Crippen molar-refractivity contribution < 1.29 is 13.9 Å². The van der Waals surface area contributed by atoms with E-state index in [2.05, 4.69) is 15.2 Å². The predicted molar refractivity (Wildman–Crippen MR) is 106 cm³/mol. The van der Waals surface area contributed by atoms with E-state index in [-0.39, 0.29) is 18.3 Å². The molecule has 0 atom stereocenters. The molecule has 0 spiro atoms. The van der Waals surface area contributed by atoms with Crippen molar-refractivity contribution in [1.82, 2.24) is 10.3 Å². The molecular weight excluding hydrogens is 354 g/mol. The summed E-state index contributed by atoms with van der Waals surface area (Å²) in [5.41, 5.74) is 1.02. The van der Waals surface area contributed by atoms with Crippen molar-refractivity contribution in [3.63, 3.8) is 0 Å². The third-order valence-electron chi connectivity index (χ3n) is 4.70. The second-order valence-electron chi connectivity index (χ2n) is 6.77. The van der Waals surface area contributed by atoms with Crippen LogP contribution in [0, 0.1) is 0 Å². The fraction of sp³-hybridized carbons (Fsp3) is 0.273. The molecule has 1 amide bonds. The number of anilines is 1. The number of para-hydroxylation sites is 1. The first-order valence-electron chi connectivity index (χ1n) is 9.52. The number of nitrogens with zero attached hydrogens (tertiary/aromatic N) is 2. The monoisotopic (exact) mass is 377 g/mol. The fourth-order valence-corrected chi connectivity index (χ4v) is 3.21. The molecule has 1 fully saturated rings. The van der Waals surface area contributed by atoms with Gasteiger partial charge in [0.2, 0.25) is 0 Å². The largest absolute Gasteiger partial charge is 0.486 e. The Morgan fingerprint density at radius 1 is 1.11 bits per heavy atom. The van der Waals surface area contributed by atoms with Gasteiger partial charge in [-0.15, -0.1) is 0 Å². The Hall–Kier alpha value is -3.28. The second-order valence-corrected chi connectivity index (χ2v) is 6.77. The number of carbonyl (C=O) groups excluding carboxylic acids is 1. The van der Waals surface area contributed by atoms with Crippen LogP contribution in [0.1, 0.15) is 34.7 Å². The van der Waals surface area contributed by atoms with E-state index in [0.29, 0.717) is 12.3 Å². The van der Waals surface area contributed by atoms with Gasteiger partial charge in [-0.2, -0.15) is 0 Å². The van der Waals surface area contributed by atoms with Crippen molar-refractivity contribution in [1.29, 1.82) is 0 Å². The van der Waals surface area contributed by atoms with Crippen molar-refractivity contribution >= 4 is 11.7 Å². The molecule has 1 saturated heterocycles. The number of aromatic nitrogens is 1. The molecule has 0 bridgehead atoms. The minimum absolute atomic E-state index is 0.245. The molecule has 144 valence electrons. The highest BCUT2D eigenvalue weighted by molar-refractivity contribution is 5.91. The van der Waals surface area contributed by atoms with E-state index in [0.717, 1.165) is 30.2 Å². The number of rotatable bonds is 7. The van der Waals surface area contributed by atoms with Crippen LogP contribution in [0.3, 0.4) is 0 Å². The van der Waals surface area contributed by atoms with Crippen molar-refractivity contribution in [2.24, 2.45) is 0 Å². The van der Waals surface area contributed by atoms with Crippen molar-refractivity contribution in [3.05, 3.63) is 77.9 Å². The third-order valence-corrected chi connectivity index (χ3v) is 4.70. The lowest BCUT2D eigenvalue weighted by molar-refractivity contribution is 0.0919. The molecular formula is C22H23N3O3. The highest BCUT2D eigenvalue weighted by Crippen LogP contribution is 2.19. The lowest BCUT2D eigenvalue weighted by atomic mass is 10.2. The SMILES string of the molecule is O=C(NCc1ccnc(N2CCCC2)c1)c1ccc(COc2ccccc2)o1. The van der Waals surface area contributed by atoms with Gasteiger partial charge in [0.15, 0.2) is 5.76 Å². The summed E-state index contributed by atoms with van der Waals surface area (Å²) in [4.78, 5) is 19.1. The summed E-state index contributed by atoms with van der Waals surface area (Å²) in [7, 11) is 0. The van der Waals surface area contributed by atoms with Gasteiger partial charge in [-0.3, -0.25) is 4.79 Å². The van der Waals surface area contributed by atoms with Crippen LogP contribution in [0.15, 0.2) is 65.2 Å². The molecule has 4 rings (SSSR count). The number of carbonyl (C=O) groups is 1. The molecule has 1 aromatic carbocycles. The maximum Gasteiger partial charge on any atom is 0.287 e. The quantitative estimate of drug-likeness (QED) is 0.679. The first-order valence-corrected chi connectivity index (χ1v) is 9.52. The smallest absolute Gasteiger partial charge is 0.287 e. The third kappa shape index (κ3) is 4.52. The lowest BCUT2D eigenvalue weighted by Crippen LogP contribution is -2.23. The van der Waals surface area contributed by atoms with E-state index in [9.17, 15) is 4.79 Å². The van der Waals surface area contributed by atoms with Crippen molar-refractivity contribution in [2.75, 3.05) is 18.0 Å². The summed E-state index contributed by atoms with van der Waals surface area (Å²) < 4.78 is 11.2. The summed E-state index contributed by atoms with van der Waals surface area (Å²) in [6.07, 6.45) is 4.20. The first kappa shape index (κ1) is 18.1. The van der Waals surface area contributed by atoms with E-state index in [1.165, 1.54) is 12.8 Å². The Balaban J connectivity index is 1.30. The minimum Gasteiger partial charge on any atom is -0.486 e. The summed E-state index contributed by atoms with van der Waals surface area (Å²) in [6, 6.07) is 16.9. The number of benzene rings is 1. The van der Waals surface area contributed by atoms with Crippen molar-refractivity contribution in [3.8, 4) is 5.75 Å². The molecule has 6 heteroatoms. The lowest BCUT2D eigenvalue weighted by Gasteiger charge is -2.16. The molecule has 0 aliphatic carbocycles. The molecule has 1 N–H and O–H groups in total. The van der Waals surface area contributed by atoms with Gasteiger partial charge >= 0.3 is 0 Å². The predicted octanol–water partition coefficient (Wildman–Crippen LogP) is 3.78. The van der Waals surface area contributed by atoms with Gasteiger partial charge in [-0.25, -0.2) is 4.98 Å². The number of amides is 1. The van der Waals surface area contributed by atoms with E-state index in [1.807, 2.05) is 42.5 Å². The molecule has 0 unspecified atom stereocenters. The van der Waals surface area contributed by atoms with Crippen molar-refractivity contribution in [2.45, 2.75) is 26.0 Å². The molecule has 0 saturated carbocycles. The van der Waals surface area contributed by atoms with Gasteiger partial charge in [0.25, 0.3) is 5.91 Å². The van der Waals surface area contributed by atoms with Crippen LogP contribution in [-0.2, 0) is 13.2 Å². The maximum absolute atomic E-state index is 12.4. The molecule has 3 heterocycles. The summed E-state index contributed by atoms with van der Waals surface area (Å²) in [5.74, 6) is 2.37. The van der Waals surface area contributed by atoms with Gasteiger partial charge in [-0.05, 0) is 54.8 Å². The standard InChI is InChI=1S/C22H23N3O3/c26-22(20-9-8-19(28-20)16-27-18-6-2-1-3-7-18)24-15-17-10-11-23-21(14-17)25-12-4-5-13-25/h1-3,6-11,14H,4-5,12-13,15-16H2,(H,24,26). The van der Waals surface area contributed by atoms with Gasteiger partial charge in [0.05, 0.1) is 0 Å². The van der Waals surface area contributed by atoms with Crippen LogP contribution >= 0.6 is 0 Å². The summed E-state index contributed by atoms with van der Waals surface area (Å²) in [5, 5.41) is 2.90. The Morgan fingerprint density at radius 2 is 1.93 bits per heavy atom. The number of furan rings is 1. The van der Waals surface area contributed by atoms with Crippen LogP contribution in [0.2, 0.25) is 0 Å². The van der Waals surface area contributed by atoms with Crippen LogP contribution in [0.4, 0.5) is 5.82 Å². The van der Waals surface area contributed by atoms with Crippen LogP contribution in [-0.4, -0.2) is 24.0 Å². The van der Waals surface area contributed by atoms with Crippen LogP contribution in [0.5, 0.6) is 5.75 Å². The summed E-state index contributed by atoms with van der Waals surface area (Å²) in [6.45, 7) is 2.80. The molecule has 1 aliphatic heterocycles. The van der Waals surface area contributed by atoms with Crippen LogP contribution < -0.4 is 15.0 Å². The van der Waals surface area contributed by atoms with Gasteiger partial charge in [0, 0.05) is 25.8 Å². The topological polar surface area (TPSA) is 67.6 Å². The highest BCUT2D eigenvalue weighted by Gasteiger charge is 2.15. The van der Waals surface area contributed by atoms with E-state index >= 15 is 0 Å². The van der Waals surface area contributed by atoms with Gasteiger partial charge in [0.1, 0.15) is 23.9 Å². The number of ether oxygens (including phenoxy) is 1. The second kappa shape index (κ2) is 8.61. The average molecular weight is 377 g/mol. The van der Waals surface area contributed by atoms with Crippen LogP contribution in [0.25, 0.3) is 0 Å².